The van der Waals surface area contributed by atoms with Crippen molar-refractivity contribution in [2.24, 2.45) is 4.40 Å². The molecule has 10 heteroatoms. The third-order valence-electron chi connectivity index (χ3n) is 3.35. The van der Waals surface area contributed by atoms with Gasteiger partial charge in [0.2, 0.25) is 0 Å². The SMILES string of the molecule is Fc1c(Cl)cc(CSN=C(CCC(F)(F)F)c2ccc(I)c(Br)c2)cc1Cl. The maximum absolute atomic E-state index is 13.5. The maximum Gasteiger partial charge on any atom is 0.389 e. The van der Waals surface area contributed by atoms with Gasteiger partial charge in [-0.1, -0.05) is 29.3 Å². The fraction of sp³-hybridized carbons (Fsp3) is 0.235. The van der Waals surface area contributed by atoms with Crippen LogP contribution in [-0.2, 0) is 5.75 Å². The van der Waals surface area contributed by atoms with Gasteiger partial charge in [0.1, 0.15) is 0 Å². The van der Waals surface area contributed by atoms with Crippen LogP contribution in [0.4, 0.5) is 17.6 Å². The summed E-state index contributed by atoms with van der Waals surface area (Å²) < 4.78 is 57.4. The van der Waals surface area contributed by atoms with Crippen molar-refractivity contribution < 1.29 is 17.6 Å². The standard InChI is InChI=1S/C17H11BrCl2F4INS/c18-11-7-10(1-2-14(11)25)15(3-4-17(22,23)24)26-27-8-9-5-12(19)16(21)13(20)6-9/h1-2,5-7H,3-4,8H2. The second-order valence-corrected chi connectivity index (χ2v) is 8.99. The number of rotatable bonds is 6. The molecule has 0 aliphatic heterocycles. The lowest BCUT2D eigenvalue weighted by Gasteiger charge is -2.10. The Morgan fingerprint density at radius 1 is 1.15 bits per heavy atom. The van der Waals surface area contributed by atoms with Gasteiger partial charge in [0.15, 0.2) is 5.82 Å². The van der Waals surface area contributed by atoms with Crippen molar-refractivity contribution in [3.63, 3.8) is 0 Å². The molecule has 0 spiro atoms. The van der Waals surface area contributed by atoms with E-state index < -0.39 is 18.4 Å². The Labute approximate surface area is 190 Å². The Balaban J connectivity index is 2.20. The van der Waals surface area contributed by atoms with E-state index in [2.05, 4.69) is 42.9 Å². The minimum atomic E-state index is -4.27. The van der Waals surface area contributed by atoms with Crippen LogP contribution in [0.25, 0.3) is 0 Å². The quantitative estimate of drug-likeness (QED) is 0.105. The van der Waals surface area contributed by atoms with Crippen LogP contribution in [0, 0.1) is 9.39 Å². The molecule has 0 heterocycles. The van der Waals surface area contributed by atoms with Crippen LogP contribution in [0.3, 0.4) is 0 Å². The second kappa shape index (κ2) is 10.1. The molecule has 0 N–H and O–H groups in total. The largest absolute Gasteiger partial charge is 0.389 e. The topological polar surface area (TPSA) is 12.4 Å². The van der Waals surface area contributed by atoms with Gasteiger partial charge in [-0.2, -0.15) is 13.2 Å². The van der Waals surface area contributed by atoms with Crippen molar-refractivity contribution in [1.29, 1.82) is 0 Å². The molecule has 146 valence electrons. The zero-order chi connectivity index (χ0) is 20.2. The van der Waals surface area contributed by atoms with Gasteiger partial charge in [-0.3, -0.25) is 0 Å². The fourth-order valence-corrected chi connectivity index (χ4v) is 4.03. The van der Waals surface area contributed by atoms with E-state index in [-0.39, 0.29) is 16.5 Å². The first-order chi connectivity index (χ1) is 12.6. The number of nitrogens with zero attached hydrogens (tertiary/aromatic N) is 1. The fourth-order valence-electron chi connectivity index (χ4n) is 2.05. The molecule has 0 atom stereocenters. The van der Waals surface area contributed by atoms with E-state index in [4.69, 9.17) is 23.2 Å². The number of alkyl halides is 3. The molecule has 1 nitrogen and oxygen atoms in total. The summed E-state index contributed by atoms with van der Waals surface area (Å²) in [7, 11) is 0. The zero-order valence-corrected chi connectivity index (χ0v) is 19.5. The summed E-state index contributed by atoms with van der Waals surface area (Å²) in [4.78, 5) is 0. The van der Waals surface area contributed by atoms with E-state index in [0.717, 1.165) is 20.0 Å². The van der Waals surface area contributed by atoms with Gasteiger partial charge in [0.25, 0.3) is 0 Å². The van der Waals surface area contributed by atoms with E-state index in [0.29, 0.717) is 22.6 Å². The highest BCUT2D eigenvalue weighted by molar-refractivity contribution is 14.1. The third kappa shape index (κ3) is 7.38. The highest BCUT2D eigenvalue weighted by Crippen LogP contribution is 2.29. The van der Waals surface area contributed by atoms with Crippen LogP contribution in [0.5, 0.6) is 0 Å². The molecule has 0 saturated carbocycles. The molecule has 0 radical (unpaired) electrons. The van der Waals surface area contributed by atoms with Crippen molar-refractivity contribution >= 4 is 79.4 Å². The van der Waals surface area contributed by atoms with Crippen molar-refractivity contribution in [3.05, 3.63) is 65.4 Å². The summed E-state index contributed by atoms with van der Waals surface area (Å²) in [6, 6.07) is 8.11. The molecular formula is C17H11BrCl2F4INS. The molecule has 0 fully saturated rings. The normalized spacial score (nSPS) is 12.5. The van der Waals surface area contributed by atoms with E-state index in [1.807, 2.05) is 0 Å². The summed E-state index contributed by atoms with van der Waals surface area (Å²) in [6.07, 6.45) is -5.48. The number of benzene rings is 2. The van der Waals surface area contributed by atoms with Gasteiger partial charge in [0, 0.05) is 20.2 Å². The van der Waals surface area contributed by atoms with Crippen LogP contribution in [0.15, 0.2) is 39.2 Å². The van der Waals surface area contributed by atoms with Crippen LogP contribution in [0.1, 0.15) is 24.0 Å². The summed E-state index contributed by atoms with van der Waals surface area (Å²) >= 11 is 18.1. The van der Waals surface area contributed by atoms with Gasteiger partial charge in [-0.25, -0.2) is 8.79 Å². The predicted octanol–water partition coefficient (Wildman–Crippen LogP) is 8.48. The van der Waals surface area contributed by atoms with Crippen LogP contribution in [0.2, 0.25) is 10.0 Å². The average molecular weight is 615 g/mol. The van der Waals surface area contributed by atoms with Gasteiger partial charge >= 0.3 is 6.18 Å². The van der Waals surface area contributed by atoms with Crippen molar-refractivity contribution in [2.75, 3.05) is 0 Å². The van der Waals surface area contributed by atoms with E-state index in [9.17, 15) is 17.6 Å². The predicted molar refractivity (Wildman–Crippen MR) is 116 cm³/mol. The highest BCUT2D eigenvalue weighted by Gasteiger charge is 2.27. The molecule has 0 aromatic heterocycles. The Morgan fingerprint density at radius 3 is 2.33 bits per heavy atom. The lowest BCUT2D eigenvalue weighted by molar-refractivity contribution is -0.132. The zero-order valence-electron chi connectivity index (χ0n) is 13.4. The average Bonchev–Trinajstić information content (AvgIpc) is 2.57. The lowest BCUT2D eigenvalue weighted by Crippen LogP contribution is -2.11. The Bertz CT molecular complexity index is 838. The van der Waals surface area contributed by atoms with Gasteiger partial charge in [-0.05, 0) is 92.3 Å². The number of hydrogen-bond donors (Lipinski definition) is 0. The third-order valence-corrected chi connectivity index (χ3v) is 7.05. The Morgan fingerprint density at radius 2 is 1.78 bits per heavy atom. The molecular weight excluding hydrogens is 604 g/mol. The first kappa shape index (κ1) is 23.3. The molecule has 2 rings (SSSR count). The molecule has 27 heavy (non-hydrogen) atoms. The number of halogens is 8. The van der Waals surface area contributed by atoms with Crippen molar-refractivity contribution in [1.82, 2.24) is 0 Å². The monoisotopic (exact) mass is 613 g/mol. The summed E-state index contributed by atoms with van der Waals surface area (Å²) in [6.45, 7) is 0. The second-order valence-electron chi connectivity index (χ2n) is 5.43. The Kier molecular flexibility index (Phi) is 8.73. The molecule has 0 bridgehead atoms. The summed E-state index contributed by atoms with van der Waals surface area (Å²) in [5, 5.41) is -0.220. The first-order valence-corrected chi connectivity index (χ1v) is 11.0. The molecule has 2 aromatic rings. The van der Waals surface area contributed by atoms with Crippen molar-refractivity contribution in [3.8, 4) is 0 Å². The smallest absolute Gasteiger partial charge is 0.220 e. The minimum absolute atomic E-state index is 0.110. The van der Waals surface area contributed by atoms with Crippen LogP contribution in [-0.4, -0.2) is 11.9 Å². The Hall–Kier alpha value is -0.0300. The van der Waals surface area contributed by atoms with Crippen LogP contribution >= 0.6 is 73.7 Å². The van der Waals surface area contributed by atoms with E-state index in [1.54, 1.807) is 18.2 Å². The lowest BCUT2D eigenvalue weighted by atomic mass is 10.1. The highest BCUT2D eigenvalue weighted by atomic mass is 127. The van der Waals surface area contributed by atoms with Gasteiger partial charge in [-0.15, -0.1) is 0 Å². The van der Waals surface area contributed by atoms with E-state index in [1.165, 1.54) is 12.1 Å². The first-order valence-electron chi connectivity index (χ1n) is 7.41. The molecule has 0 aliphatic rings. The minimum Gasteiger partial charge on any atom is -0.220 e. The summed E-state index contributed by atoms with van der Waals surface area (Å²) in [5.41, 5.74) is 1.56. The van der Waals surface area contributed by atoms with E-state index >= 15 is 0 Å². The molecule has 2 aromatic carbocycles. The van der Waals surface area contributed by atoms with Gasteiger partial charge in [0.05, 0.1) is 15.8 Å². The van der Waals surface area contributed by atoms with Crippen LogP contribution < -0.4 is 0 Å². The maximum atomic E-state index is 13.5. The molecule has 0 unspecified atom stereocenters. The molecule has 0 aliphatic carbocycles. The number of hydrogen-bond acceptors (Lipinski definition) is 2. The van der Waals surface area contributed by atoms with Gasteiger partial charge < -0.3 is 0 Å². The van der Waals surface area contributed by atoms with Crippen molar-refractivity contribution in [2.45, 2.75) is 24.8 Å². The summed E-state index contributed by atoms with van der Waals surface area (Å²) in [5.74, 6) is -0.411. The molecule has 0 saturated heterocycles. The molecule has 0 amide bonds.